The summed E-state index contributed by atoms with van der Waals surface area (Å²) in [6, 6.07) is 9.68. The molecule has 7 nitrogen and oxygen atoms in total. The Morgan fingerprint density at radius 1 is 1.30 bits per heavy atom. The van der Waals surface area contributed by atoms with Crippen molar-refractivity contribution in [2.45, 2.75) is 32.2 Å². The summed E-state index contributed by atoms with van der Waals surface area (Å²) in [5, 5.41) is 4.11. The van der Waals surface area contributed by atoms with Gasteiger partial charge in [-0.15, -0.1) is 0 Å². The number of nitrogens with zero attached hydrogens (tertiary/aromatic N) is 4. The highest BCUT2D eigenvalue weighted by atomic mass is 16.5. The highest BCUT2D eigenvalue weighted by Gasteiger charge is 2.46. The van der Waals surface area contributed by atoms with Gasteiger partial charge in [0.15, 0.2) is 12.4 Å². The third-order valence-corrected chi connectivity index (χ3v) is 5.87. The fourth-order valence-electron chi connectivity index (χ4n) is 4.35. The fraction of sp³-hybridized carbons (Fsp3) is 0.550. The van der Waals surface area contributed by atoms with Gasteiger partial charge in [-0.2, -0.15) is 4.98 Å². The van der Waals surface area contributed by atoms with Crippen LogP contribution in [0.1, 0.15) is 37.0 Å². The second-order valence-corrected chi connectivity index (χ2v) is 7.79. The molecular formula is C20H26N4O3. The second-order valence-electron chi connectivity index (χ2n) is 7.79. The van der Waals surface area contributed by atoms with Gasteiger partial charge < -0.3 is 14.2 Å². The lowest BCUT2D eigenvalue weighted by Crippen LogP contribution is -2.45. The minimum absolute atomic E-state index is 0.0606. The summed E-state index contributed by atoms with van der Waals surface area (Å²) in [5.74, 6) is 2.18. The maximum Gasteiger partial charge on any atom is 0.260 e. The van der Waals surface area contributed by atoms with Crippen LogP contribution in [-0.4, -0.2) is 59.1 Å². The van der Waals surface area contributed by atoms with Crippen LogP contribution in [0.15, 0.2) is 34.9 Å². The number of rotatable bonds is 4. The molecule has 2 aliphatic heterocycles. The van der Waals surface area contributed by atoms with Crippen molar-refractivity contribution in [3.63, 3.8) is 0 Å². The summed E-state index contributed by atoms with van der Waals surface area (Å²) in [6.07, 6.45) is 3.02. The van der Waals surface area contributed by atoms with Crippen LogP contribution in [0.3, 0.4) is 0 Å². The number of benzene rings is 1. The second kappa shape index (κ2) is 7.31. The predicted molar refractivity (Wildman–Crippen MR) is 99.2 cm³/mol. The molecule has 2 saturated heterocycles. The van der Waals surface area contributed by atoms with Crippen LogP contribution in [-0.2, 0) is 4.79 Å². The Hall–Kier alpha value is -2.41. The summed E-state index contributed by atoms with van der Waals surface area (Å²) in [5.41, 5.74) is 0.227. The summed E-state index contributed by atoms with van der Waals surface area (Å²) in [6.45, 7) is 4.49. The number of amides is 1. The summed E-state index contributed by atoms with van der Waals surface area (Å²) >= 11 is 0. The maximum absolute atomic E-state index is 12.5. The van der Waals surface area contributed by atoms with Crippen LogP contribution in [0, 0.1) is 12.3 Å². The molecule has 1 unspecified atom stereocenters. The summed E-state index contributed by atoms with van der Waals surface area (Å²) < 4.78 is 10.8. The van der Waals surface area contributed by atoms with Crippen LogP contribution in [0.2, 0.25) is 0 Å². The lowest BCUT2D eigenvalue weighted by atomic mass is 9.76. The predicted octanol–water partition coefficient (Wildman–Crippen LogP) is 2.44. The molecule has 1 aromatic heterocycles. The van der Waals surface area contributed by atoms with Gasteiger partial charge in [-0.3, -0.25) is 9.69 Å². The first kappa shape index (κ1) is 18.0. The normalized spacial score (nSPS) is 22.3. The fourth-order valence-corrected chi connectivity index (χ4v) is 4.35. The molecular weight excluding hydrogens is 344 g/mol. The summed E-state index contributed by atoms with van der Waals surface area (Å²) in [4.78, 5) is 21.2. The van der Waals surface area contributed by atoms with Gasteiger partial charge in [-0.25, -0.2) is 0 Å². The van der Waals surface area contributed by atoms with Crippen molar-refractivity contribution in [2.75, 3.05) is 33.3 Å². The van der Waals surface area contributed by atoms with Crippen molar-refractivity contribution >= 4 is 5.91 Å². The van der Waals surface area contributed by atoms with Crippen LogP contribution >= 0.6 is 0 Å². The first-order valence-electron chi connectivity index (χ1n) is 9.51. The largest absolute Gasteiger partial charge is 0.484 e. The average molecular weight is 370 g/mol. The highest BCUT2D eigenvalue weighted by molar-refractivity contribution is 5.77. The lowest BCUT2D eigenvalue weighted by Gasteiger charge is -2.39. The molecule has 1 atom stereocenters. The van der Waals surface area contributed by atoms with Crippen LogP contribution < -0.4 is 4.74 Å². The van der Waals surface area contributed by atoms with Crippen LogP contribution in [0.25, 0.3) is 0 Å². The van der Waals surface area contributed by atoms with Crippen molar-refractivity contribution < 1.29 is 14.1 Å². The Labute approximate surface area is 159 Å². The number of hydrogen-bond donors (Lipinski definition) is 0. The molecule has 0 saturated carbocycles. The third kappa shape index (κ3) is 3.83. The monoisotopic (exact) mass is 370 g/mol. The first-order valence-corrected chi connectivity index (χ1v) is 9.51. The third-order valence-electron chi connectivity index (χ3n) is 5.87. The molecule has 4 rings (SSSR count). The van der Waals surface area contributed by atoms with Crippen LogP contribution in [0.4, 0.5) is 0 Å². The SMILES string of the molecule is Cc1nc(C2CC3(CCN(C(=O)COc4ccccc4)CC3)CN2C)no1. The molecule has 0 bridgehead atoms. The van der Waals surface area contributed by atoms with Gasteiger partial charge >= 0.3 is 0 Å². The lowest BCUT2D eigenvalue weighted by molar-refractivity contribution is -0.135. The molecule has 27 heavy (non-hydrogen) atoms. The van der Waals surface area contributed by atoms with Crippen molar-refractivity contribution in [1.82, 2.24) is 19.9 Å². The Morgan fingerprint density at radius 2 is 2.04 bits per heavy atom. The zero-order valence-electron chi connectivity index (χ0n) is 15.9. The van der Waals surface area contributed by atoms with E-state index in [1.165, 1.54) is 0 Å². The molecule has 3 heterocycles. The number of carbonyl (C=O) groups is 1. The zero-order chi connectivity index (χ0) is 18.9. The van der Waals surface area contributed by atoms with Crippen LogP contribution in [0.5, 0.6) is 5.75 Å². The van der Waals surface area contributed by atoms with E-state index in [9.17, 15) is 4.79 Å². The van der Waals surface area contributed by atoms with E-state index in [-0.39, 0.29) is 24.0 Å². The van der Waals surface area contributed by atoms with E-state index in [1.54, 1.807) is 0 Å². The molecule has 7 heteroatoms. The highest BCUT2D eigenvalue weighted by Crippen LogP contribution is 2.47. The molecule has 1 spiro atoms. The number of para-hydroxylation sites is 1. The van der Waals surface area contributed by atoms with E-state index < -0.39 is 0 Å². The van der Waals surface area contributed by atoms with Gasteiger partial charge in [-0.05, 0) is 43.9 Å². The van der Waals surface area contributed by atoms with Gasteiger partial charge in [-0.1, -0.05) is 23.4 Å². The minimum atomic E-state index is 0.0606. The van der Waals surface area contributed by atoms with Gasteiger partial charge in [0, 0.05) is 26.6 Å². The molecule has 0 radical (unpaired) electrons. The number of aromatic nitrogens is 2. The van der Waals surface area contributed by atoms with E-state index in [4.69, 9.17) is 9.26 Å². The molecule has 2 aromatic rings. The topological polar surface area (TPSA) is 71.7 Å². The quantitative estimate of drug-likeness (QED) is 0.823. The Morgan fingerprint density at radius 3 is 2.70 bits per heavy atom. The van der Waals surface area contributed by atoms with E-state index in [0.29, 0.717) is 5.89 Å². The first-order chi connectivity index (χ1) is 13.0. The average Bonchev–Trinajstić information content (AvgIpc) is 3.24. The number of aryl methyl sites for hydroxylation is 1. The number of likely N-dealkylation sites (tertiary alicyclic amines) is 2. The number of piperidine rings is 1. The van der Waals surface area contributed by atoms with Gasteiger partial charge in [0.05, 0.1) is 6.04 Å². The van der Waals surface area contributed by atoms with Crippen molar-refractivity contribution in [3.05, 3.63) is 42.0 Å². The number of carbonyl (C=O) groups excluding carboxylic acids is 1. The summed E-state index contributed by atoms with van der Waals surface area (Å²) in [7, 11) is 2.12. The van der Waals surface area contributed by atoms with Crippen molar-refractivity contribution in [3.8, 4) is 5.75 Å². The molecule has 1 amide bonds. The molecule has 144 valence electrons. The Balaban J connectivity index is 1.31. The zero-order valence-corrected chi connectivity index (χ0v) is 15.9. The number of ether oxygens (including phenoxy) is 1. The molecule has 2 fully saturated rings. The number of hydrogen-bond acceptors (Lipinski definition) is 6. The Bertz CT molecular complexity index is 784. The van der Waals surface area contributed by atoms with E-state index >= 15 is 0 Å². The van der Waals surface area contributed by atoms with E-state index in [0.717, 1.165) is 50.5 Å². The van der Waals surface area contributed by atoms with Gasteiger partial charge in [0.2, 0.25) is 5.89 Å². The Kier molecular flexibility index (Phi) is 4.86. The minimum Gasteiger partial charge on any atom is -0.484 e. The maximum atomic E-state index is 12.5. The standard InChI is InChI=1S/C20H26N4O3/c1-15-21-19(22-27-15)17-12-20(14-23(17)2)8-10-24(11-9-20)18(25)13-26-16-6-4-3-5-7-16/h3-7,17H,8-14H2,1-2H3. The smallest absolute Gasteiger partial charge is 0.260 e. The molecule has 1 aromatic carbocycles. The van der Waals surface area contributed by atoms with Gasteiger partial charge in [0.1, 0.15) is 5.75 Å². The molecule has 0 aliphatic carbocycles. The van der Waals surface area contributed by atoms with Crippen molar-refractivity contribution in [2.24, 2.45) is 5.41 Å². The van der Waals surface area contributed by atoms with E-state index in [2.05, 4.69) is 22.1 Å². The van der Waals surface area contributed by atoms with Gasteiger partial charge in [0.25, 0.3) is 5.91 Å². The van der Waals surface area contributed by atoms with E-state index in [1.807, 2.05) is 42.2 Å². The molecule has 0 N–H and O–H groups in total. The molecule has 2 aliphatic rings. The van der Waals surface area contributed by atoms with Crippen molar-refractivity contribution in [1.29, 1.82) is 0 Å².